The number of aromatic nitrogens is 1. The Morgan fingerprint density at radius 1 is 1.47 bits per heavy atom. The number of pyridine rings is 1. The zero-order valence-corrected chi connectivity index (χ0v) is 8.62. The topological polar surface area (TPSA) is 116 Å². The van der Waals surface area contributed by atoms with Gasteiger partial charge in [0.05, 0.1) is 5.56 Å². The van der Waals surface area contributed by atoms with Gasteiger partial charge in [0, 0.05) is 0 Å². The Balaban J connectivity index is 3.72. The first-order valence-electron chi connectivity index (χ1n) is 3.80. The normalized spacial score (nSPS) is 11.8. The molecule has 0 unspecified atom stereocenters. The fourth-order valence-corrected chi connectivity index (χ4v) is 1.76. The lowest BCUT2D eigenvalue weighted by Crippen LogP contribution is -2.18. The summed E-state index contributed by atoms with van der Waals surface area (Å²) < 4.78 is 59.6. The number of rotatable bonds is 3. The van der Waals surface area contributed by atoms with E-state index in [1.54, 1.807) is 0 Å². The van der Waals surface area contributed by atoms with E-state index in [-0.39, 0.29) is 6.20 Å². The van der Waals surface area contributed by atoms with Crippen LogP contribution in [0, 0.1) is 15.9 Å². The fraction of sp³-hybridized carbons (Fsp3) is 0.167. The van der Waals surface area contributed by atoms with Crippen LogP contribution >= 0.6 is 0 Å². The van der Waals surface area contributed by atoms with Crippen molar-refractivity contribution in [3.63, 3.8) is 0 Å². The molecular weight excluding hydrogens is 267 g/mol. The number of nitrogens with two attached hydrogens (primary N) is 1. The molecule has 0 fully saturated rings. The molecule has 1 rings (SSSR count). The second kappa shape index (κ2) is 4.25. The summed E-state index contributed by atoms with van der Waals surface area (Å²) in [6, 6.07) is 0. The molecular formula is C6H4F3N3O4S. The third-order valence-electron chi connectivity index (χ3n) is 1.67. The minimum atomic E-state index is -4.88. The first-order chi connectivity index (χ1) is 7.66. The summed E-state index contributed by atoms with van der Waals surface area (Å²) in [4.78, 5) is 10.2. The highest BCUT2D eigenvalue weighted by Gasteiger charge is 2.33. The molecule has 1 aromatic rings. The molecule has 7 nitrogen and oxygen atoms in total. The number of hydrogen-bond acceptors (Lipinski definition) is 5. The molecule has 0 saturated carbocycles. The third kappa shape index (κ3) is 2.50. The average Bonchev–Trinajstić information content (AvgIpc) is 2.14. The van der Waals surface area contributed by atoms with E-state index in [1.165, 1.54) is 0 Å². The van der Waals surface area contributed by atoms with Gasteiger partial charge in [-0.05, 0) is 9.91 Å². The summed E-state index contributed by atoms with van der Waals surface area (Å²) in [5.41, 5.74) is -1.38. The molecule has 0 aliphatic rings. The Hall–Kier alpha value is -1.75. The molecule has 0 bridgehead atoms. The van der Waals surface area contributed by atoms with Gasteiger partial charge in [-0.1, -0.05) is 0 Å². The Kier molecular flexibility index (Phi) is 3.33. The molecule has 0 aliphatic heterocycles. The number of hydrogen-bond donors (Lipinski definition) is 1. The van der Waals surface area contributed by atoms with Crippen molar-refractivity contribution in [2.45, 2.75) is 11.3 Å². The van der Waals surface area contributed by atoms with Crippen LogP contribution in [0.4, 0.5) is 19.0 Å². The van der Waals surface area contributed by atoms with Gasteiger partial charge >= 0.3 is 5.82 Å². The Labute approximate surface area is 92.3 Å². The molecule has 0 aliphatic carbocycles. The van der Waals surface area contributed by atoms with Crippen LogP contribution in [0.25, 0.3) is 0 Å². The van der Waals surface area contributed by atoms with Crippen molar-refractivity contribution in [2.24, 2.45) is 5.14 Å². The number of nitro groups is 1. The highest BCUT2D eigenvalue weighted by atomic mass is 32.2. The predicted octanol–water partition coefficient (Wildman–Crippen LogP) is 0.714. The number of primary sulfonamides is 1. The van der Waals surface area contributed by atoms with E-state index in [0.717, 1.165) is 0 Å². The molecule has 1 heterocycles. The summed E-state index contributed by atoms with van der Waals surface area (Å²) in [7, 11) is -4.88. The Morgan fingerprint density at radius 3 is 2.35 bits per heavy atom. The van der Waals surface area contributed by atoms with Crippen LogP contribution in [0.2, 0.25) is 0 Å². The van der Waals surface area contributed by atoms with Gasteiger partial charge in [-0.3, -0.25) is 0 Å². The fourth-order valence-electron chi connectivity index (χ4n) is 1.01. The lowest BCUT2D eigenvalue weighted by atomic mass is 10.3. The Morgan fingerprint density at radius 2 is 2.00 bits per heavy atom. The van der Waals surface area contributed by atoms with Crippen molar-refractivity contribution in [1.29, 1.82) is 0 Å². The number of alkyl halides is 2. The molecule has 0 atom stereocenters. The smallest absolute Gasteiger partial charge is 0.358 e. The van der Waals surface area contributed by atoms with Gasteiger partial charge in [-0.25, -0.2) is 26.7 Å². The van der Waals surface area contributed by atoms with Crippen molar-refractivity contribution < 1.29 is 26.5 Å². The molecule has 2 N–H and O–H groups in total. The number of sulfonamides is 1. The van der Waals surface area contributed by atoms with E-state index >= 15 is 0 Å². The molecule has 0 saturated heterocycles. The minimum absolute atomic E-state index is 0.187. The van der Waals surface area contributed by atoms with E-state index in [9.17, 15) is 31.7 Å². The van der Waals surface area contributed by atoms with Crippen molar-refractivity contribution in [3.8, 4) is 0 Å². The molecule has 0 spiro atoms. The highest BCUT2D eigenvalue weighted by molar-refractivity contribution is 7.89. The highest BCUT2D eigenvalue weighted by Crippen LogP contribution is 2.30. The molecule has 11 heteroatoms. The van der Waals surface area contributed by atoms with Gasteiger partial charge in [0.1, 0.15) is 0 Å². The number of nitrogens with zero attached hydrogens (tertiary/aromatic N) is 2. The zero-order chi connectivity index (χ0) is 13.4. The SMILES string of the molecule is NS(=O)(=O)c1c([N+](=O)[O-])ncc(C(F)F)c1F. The van der Waals surface area contributed by atoms with Gasteiger partial charge < -0.3 is 10.1 Å². The molecule has 17 heavy (non-hydrogen) atoms. The summed E-state index contributed by atoms with van der Waals surface area (Å²) in [6.07, 6.45) is -3.18. The number of halogens is 3. The van der Waals surface area contributed by atoms with Crippen LogP contribution in [0.1, 0.15) is 12.0 Å². The van der Waals surface area contributed by atoms with E-state index in [2.05, 4.69) is 10.1 Å². The van der Waals surface area contributed by atoms with Crippen LogP contribution < -0.4 is 5.14 Å². The maximum Gasteiger partial charge on any atom is 0.386 e. The maximum absolute atomic E-state index is 13.4. The summed E-state index contributed by atoms with van der Waals surface area (Å²) in [5.74, 6) is -3.40. The van der Waals surface area contributed by atoms with Gasteiger partial charge in [0.15, 0.2) is 12.0 Å². The summed E-state index contributed by atoms with van der Waals surface area (Å²) in [6.45, 7) is 0. The largest absolute Gasteiger partial charge is 0.386 e. The van der Waals surface area contributed by atoms with Crippen LogP contribution in [-0.4, -0.2) is 18.3 Å². The van der Waals surface area contributed by atoms with Crippen molar-refractivity contribution >= 4 is 15.8 Å². The van der Waals surface area contributed by atoms with E-state index in [1.807, 2.05) is 0 Å². The van der Waals surface area contributed by atoms with Gasteiger partial charge in [-0.15, -0.1) is 0 Å². The van der Waals surface area contributed by atoms with Crippen molar-refractivity contribution in [2.75, 3.05) is 0 Å². The van der Waals surface area contributed by atoms with Crippen LogP contribution in [0.3, 0.4) is 0 Å². The molecule has 0 amide bonds. The zero-order valence-electron chi connectivity index (χ0n) is 7.80. The summed E-state index contributed by atoms with van der Waals surface area (Å²) in [5, 5.41) is 14.9. The lowest BCUT2D eigenvalue weighted by Gasteiger charge is -2.04. The van der Waals surface area contributed by atoms with Crippen LogP contribution in [0.5, 0.6) is 0 Å². The van der Waals surface area contributed by atoms with Crippen molar-refractivity contribution in [3.05, 3.63) is 27.7 Å². The van der Waals surface area contributed by atoms with E-state index in [4.69, 9.17) is 0 Å². The quantitative estimate of drug-likeness (QED) is 0.642. The average molecular weight is 271 g/mol. The molecule has 94 valence electrons. The minimum Gasteiger partial charge on any atom is -0.358 e. The first-order valence-corrected chi connectivity index (χ1v) is 5.34. The van der Waals surface area contributed by atoms with Gasteiger partial charge in [-0.2, -0.15) is 0 Å². The maximum atomic E-state index is 13.4. The molecule has 1 aromatic heterocycles. The van der Waals surface area contributed by atoms with Crippen molar-refractivity contribution in [1.82, 2.24) is 4.98 Å². The lowest BCUT2D eigenvalue weighted by molar-refractivity contribution is -0.393. The first kappa shape index (κ1) is 13.3. The molecule has 0 aromatic carbocycles. The van der Waals surface area contributed by atoms with E-state index in [0.29, 0.717) is 0 Å². The standard InChI is InChI=1S/C6H4F3N3O4S/c7-3-2(5(8)9)1-11-6(12(13)14)4(3)17(10,15)16/h1,5H,(H2,10,15,16). The van der Waals surface area contributed by atoms with Crippen LogP contribution in [0.15, 0.2) is 11.1 Å². The monoisotopic (exact) mass is 271 g/mol. The van der Waals surface area contributed by atoms with E-state index < -0.39 is 43.5 Å². The second-order valence-electron chi connectivity index (χ2n) is 2.78. The van der Waals surface area contributed by atoms with Crippen LogP contribution in [-0.2, 0) is 10.0 Å². The third-order valence-corrected chi connectivity index (χ3v) is 2.61. The predicted molar refractivity (Wildman–Crippen MR) is 47.2 cm³/mol. The molecule has 0 radical (unpaired) electrons. The Bertz CT molecular complexity index is 574. The summed E-state index contributed by atoms with van der Waals surface area (Å²) >= 11 is 0. The van der Waals surface area contributed by atoms with Gasteiger partial charge in [0.25, 0.3) is 6.43 Å². The second-order valence-corrected chi connectivity index (χ2v) is 4.28. The van der Waals surface area contributed by atoms with Gasteiger partial charge in [0.2, 0.25) is 14.9 Å².